The third-order valence-corrected chi connectivity index (χ3v) is 4.23. The number of aromatic nitrogens is 1. The van der Waals surface area contributed by atoms with Crippen molar-refractivity contribution in [1.82, 2.24) is 4.98 Å². The Hall–Kier alpha value is -0.130. The van der Waals surface area contributed by atoms with Gasteiger partial charge >= 0.3 is 0 Å². The molecule has 0 saturated carbocycles. The van der Waals surface area contributed by atoms with Crippen LogP contribution in [0.15, 0.2) is 9.98 Å². The van der Waals surface area contributed by atoms with E-state index in [2.05, 4.69) is 39.8 Å². The fourth-order valence-electron chi connectivity index (χ4n) is 1.69. The van der Waals surface area contributed by atoms with Gasteiger partial charge in [0, 0.05) is 18.3 Å². The van der Waals surface area contributed by atoms with Crippen molar-refractivity contribution in [1.29, 1.82) is 0 Å². The summed E-state index contributed by atoms with van der Waals surface area (Å²) in [6.45, 7) is 3.90. The zero-order valence-corrected chi connectivity index (χ0v) is 10.6. The molecule has 14 heavy (non-hydrogen) atoms. The first-order chi connectivity index (χ1) is 6.68. The van der Waals surface area contributed by atoms with Crippen molar-refractivity contribution in [2.24, 2.45) is 5.92 Å². The Kier molecular flexibility index (Phi) is 3.09. The van der Waals surface area contributed by atoms with Crippen LogP contribution in [0.25, 0.3) is 0 Å². The summed E-state index contributed by atoms with van der Waals surface area (Å²) in [5.41, 5.74) is 0. The molecule has 78 valence electrons. The summed E-state index contributed by atoms with van der Waals surface area (Å²) in [5, 5.41) is 3.06. The highest BCUT2D eigenvalue weighted by molar-refractivity contribution is 9.10. The van der Waals surface area contributed by atoms with Crippen LogP contribution in [-0.4, -0.2) is 31.3 Å². The Morgan fingerprint density at radius 1 is 1.64 bits per heavy atom. The van der Waals surface area contributed by atoms with Crippen molar-refractivity contribution in [2.45, 2.75) is 13.0 Å². The van der Waals surface area contributed by atoms with Gasteiger partial charge in [-0.3, -0.25) is 0 Å². The van der Waals surface area contributed by atoms with E-state index in [4.69, 9.17) is 4.74 Å². The second kappa shape index (κ2) is 4.16. The molecule has 5 heteroatoms. The van der Waals surface area contributed by atoms with E-state index < -0.39 is 0 Å². The first-order valence-corrected chi connectivity index (χ1v) is 6.27. The number of likely N-dealkylation sites (N-methyl/N-ethyl adjacent to an activating group) is 1. The van der Waals surface area contributed by atoms with Crippen LogP contribution in [0.1, 0.15) is 6.92 Å². The van der Waals surface area contributed by atoms with Crippen LogP contribution in [0.5, 0.6) is 0 Å². The van der Waals surface area contributed by atoms with Crippen LogP contribution in [0.2, 0.25) is 0 Å². The van der Waals surface area contributed by atoms with E-state index in [-0.39, 0.29) is 0 Å². The lowest BCUT2D eigenvalue weighted by Crippen LogP contribution is -2.36. The molecule has 0 aliphatic carbocycles. The van der Waals surface area contributed by atoms with Crippen LogP contribution in [0.4, 0.5) is 5.13 Å². The van der Waals surface area contributed by atoms with Crippen molar-refractivity contribution in [2.75, 3.05) is 25.2 Å². The van der Waals surface area contributed by atoms with Gasteiger partial charge in [0.1, 0.15) is 4.60 Å². The molecule has 2 rings (SSSR count). The Labute approximate surface area is 96.2 Å². The first kappa shape index (κ1) is 10.4. The molecule has 2 heterocycles. The van der Waals surface area contributed by atoms with Gasteiger partial charge in [-0.25, -0.2) is 4.98 Å². The van der Waals surface area contributed by atoms with Crippen molar-refractivity contribution in [3.63, 3.8) is 0 Å². The van der Waals surface area contributed by atoms with Gasteiger partial charge in [0.2, 0.25) is 0 Å². The van der Waals surface area contributed by atoms with E-state index in [0.29, 0.717) is 12.0 Å². The van der Waals surface area contributed by atoms with Crippen LogP contribution in [0, 0.1) is 5.92 Å². The van der Waals surface area contributed by atoms with Crippen molar-refractivity contribution in [3.05, 3.63) is 9.98 Å². The van der Waals surface area contributed by atoms with Gasteiger partial charge in [-0.1, -0.05) is 6.92 Å². The smallest absolute Gasteiger partial charge is 0.186 e. The number of hydrogen-bond acceptors (Lipinski definition) is 4. The fraction of sp³-hybridized carbons (Fsp3) is 0.667. The standard InChI is InChI=1S/C9H13BrN2OS/c1-6-3-13-4-7(6)12(2)9-11-8(10)5-14-9/h5-7H,3-4H2,1-2H3. The first-order valence-electron chi connectivity index (χ1n) is 4.60. The third-order valence-electron chi connectivity index (χ3n) is 2.59. The highest BCUT2D eigenvalue weighted by Crippen LogP contribution is 2.28. The van der Waals surface area contributed by atoms with Gasteiger partial charge < -0.3 is 9.64 Å². The lowest BCUT2D eigenvalue weighted by Gasteiger charge is -2.25. The lowest BCUT2D eigenvalue weighted by atomic mass is 10.1. The number of rotatable bonds is 2. The number of halogens is 1. The fourth-order valence-corrected chi connectivity index (χ4v) is 2.97. The summed E-state index contributed by atoms with van der Waals surface area (Å²) >= 11 is 5.02. The van der Waals surface area contributed by atoms with Crippen molar-refractivity contribution < 1.29 is 4.74 Å². The van der Waals surface area contributed by atoms with E-state index in [1.54, 1.807) is 11.3 Å². The van der Waals surface area contributed by atoms with Gasteiger partial charge in [0.15, 0.2) is 5.13 Å². The maximum absolute atomic E-state index is 5.44. The molecule has 3 nitrogen and oxygen atoms in total. The van der Waals surface area contributed by atoms with Crippen LogP contribution < -0.4 is 4.90 Å². The molecule has 1 aliphatic rings. The maximum atomic E-state index is 5.44. The van der Waals surface area contributed by atoms with Crippen LogP contribution >= 0.6 is 27.3 Å². The number of hydrogen-bond donors (Lipinski definition) is 0. The zero-order valence-electron chi connectivity index (χ0n) is 8.24. The molecule has 0 amide bonds. The highest BCUT2D eigenvalue weighted by atomic mass is 79.9. The maximum Gasteiger partial charge on any atom is 0.186 e. The largest absolute Gasteiger partial charge is 0.379 e. The highest BCUT2D eigenvalue weighted by Gasteiger charge is 2.29. The average molecular weight is 277 g/mol. The minimum absolute atomic E-state index is 0.466. The molecule has 1 aromatic heterocycles. The SMILES string of the molecule is CC1COCC1N(C)c1nc(Br)cs1. The van der Waals surface area contributed by atoms with E-state index >= 15 is 0 Å². The Morgan fingerprint density at radius 3 is 2.93 bits per heavy atom. The molecule has 2 atom stereocenters. The number of nitrogens with zero attached hydrogens (tertiary/aromatic N) is 2. The Balaban J connectivity index is 2.11. The monoisotopic (exact) mass is 276 g/mol. The molecule has 1 saturated heterocycles. The summed E-state index contributed by atoms with van der Waals surface area (Å²) in [6.07, 6.45) is 0. The number of ether oxygens (including phenoxy) is 1. The minimum atomic E-state index is 0.466. The second-order valence-corrected chi connectivity index (χ2v) is 5.29. The molecule has 1 aromatic rings. The molecule has 0 radical (unpaired) electrons. The predicted molar refractivity (Wildman–Crippen MR) is 62.0 cm³/mol. The van der Waals surface area contributed by atoms with Crippen molar-refractivity contribution >= 4 is 32.4 Å². The summed E-state index contributed by atoms with van der Waals surface area (Å²) in [6, 6.07) is 0.466. The van der Waals surface area contributed by atoms with Gasteiger partial charge in [-0.15, -0.1) is 11.3 Å². The molecule has 1 aliphatic heterocycles. The van der Waals surface area contributed by atoms with E-state index in [1.165, 1.54) is 0 Å². The summed E-state index contributed by atoms with van der Waals surface area (Å²) < 4.78 is 6.36. The molecule has 0 spiro atoms. The topological polar surface area (TPSA) is 25.4 Å². The lowest BCUT2D eigenvalue weighted by molar-refractivity contribution is 0.186. The molecular formula is C9H13BrN2OS. The summed E-state index contributed by atoms with van der Waals surface area (Å²) in [5.74, 6) is 0.586. The Bertz CT molecular complexity index is 318. The average Bonchev–Trinajstić information content (AvgIpc) is 2.73. The zero-order chi connectivity index (χ0) is 10.1. The van der Waals surface area contributed by atoms with Crippen LogP contribution in [0.3, 0.4) is 0 Å². The molecule has 1 fully saturated rings. The quantitative estimate of drug-likeness (QED) is 0.830. The molecule has 0 aromatic carbocycles. The van der Waals surface area contributed by atoms with Gasteiger partial charge in [0.25, 0.3) is 0 Å². The van der Waals surface area contributed by atoms with Gasteiger partial charge in [0.05, 0.1) is 19.3 Å². The minimum Gasteiger partial charge on any atom is -0.379 e. The second-order valence-electron chi connectivity index (χ2n) is 3.65. The molecule has 0 N–H and O–H groups in total. The number of anilines is 1. The summed E-state index contributed by atoms with van der Waals surface area (Å²) in [4.78, 5) is 6.61. The van der Waals surface area contributed by atoms with E-state index in [9.17, 15) is 0 Å². The van der Waals surface area contributed by atoms with Gasteiger partial charge in [-0.2, -0.15) is 0 Å². The molecule has 0 bridgehead atoms. The van der Waals surface area contributed by atoms with Crippen LogP contribution in [-0.2, 0) is 4.74 Å². The number of thiazole rings is 1. The Morgan fingerprint density at radius 2 is 2.43 bits per heavy atom. The van der Waals surface area contributed by atoms with E-state index in [1.807, 2.05) is 5.38 Å². The van der Waals surface area contributed by atoms with E-state index in [0.717, 1.165) is 22.9 Å². The van der Waals surface area contributed by atoms with Gasteiger partial charge in [-0.05, 0) is 15.9 Å². The molecular weight excluding hydrogens is 264 g/mol. The third kappa shape index (κ3) is 1.94. The van der Waals surface area contributed by atoms with Crippen molar-refractivity contribution in [3.8, 4) is 0 Å². The summed E-state index contributed by atoms with van der Waals surface area (Å²) in [7, 11) is 2.08. The molecule has 2 unspecified atom stereocenters. The normalized spacial score (nSPS) is 26.8. The predicted octanol–water partition coefficient (Wildman–Crippen LogP) is 2.38.